The van der Waals surface area contributed by atoms with Crippen molar-refractivity contribution in [3.63, 3.8) is 0 Å². The van der Waals surface area contributed by atoms with E-state index in [1.165, 1.54) is 83.5 Å². The van der Waals surface area contributed by atoms with Crippen LogP contribution >= 0.6 is 0 Å². The standard InChI is InChI=1S/C32H53F2NO4/c1-5-6-7-8-9-10-11-12-13-14-15-16-17-18-19-20-21-38-30(36)29(35-31(37)39-32(2,3)4)24-26-22-27(33)25-28(34)23-26/h22-23,25,29H,5-21,24H2,1-4H3,(H,35,37)/t29-/m0/s1. The van der Waals surface area contributed by atoms with Crippen molar-refractivity contribution in [1.82, 2.24) is 5.32 Å². The molecular weight excluding hydrogens is 500 g/mol. The highest BCUT2D eigenvalue weighted by Crippen LogP contribution is 2.15. The van der Waals surface area contributed by atoms with Crippen LogP contribution in [0.25, 0.3) is 0 Å². The lowest BCUT2D eigenvalue weighted by molar-refractivity contribution is -0.146. The van der Waals surface area contributed by atoms with Gasteiger partial charge >= 0.3 is 12.1 Å². The number of amides is 1. The van der Waals surface area contributed by atoms with Gasteiger partial charge in [0.05, 0.1) is 6.61 Å². The number of nitrogens with one attached hydrogen (secondary N) is 1. The molecule has 0 saturated carbocycles. The van der Waals surface area contributed by atoms with E-state index in [0.717, 1.165) is 37.5 Å². The maximum absolute atomic E-state index is 13.6. The quantitative estimate of drug-likeness (QED) is 0.122. The molecule has 0 aliphatic carbocycles. The van der Waals surface area contributed by atoms with Gasteiger partial charge in [-0.3, -0.25) is 0 Å². The molecule has 0 aromatic heterocycles. The van der Waals surface area contributed by atoms with Gasteiger partial charge in [0.2, 0.25) is 0 Å². The summed E-state index contributed by atoms with van der Waals surface area (Å²) in [6, 6.07) is 1.92. The number of esters is 1. The summed E-state index contributed by atoms with van der Waals surface area (Å²) in [4.78, 5) is 24.9. The highest BCUT2D eigenvalue weighted by atomic mass is 19.1. The number of carbonyl (C=O) groups is 2. The maximum Gasteiger partial charge on any atom is 0.408 e. The average molecular weight is 554 g/mol. The molecular formula is C32H53F2NO4. The van der Waals surface area contributed by atoms with Crippen LogP contribution in [0.3, 0.4) is 0 Å². The monoisotopic (exact) mass is 553 g/mol. The molecule has 0 aliphatic rings. The minimum atomic E-state index is -1.11. The van der Waals surface area contributed by atoms with Crippen molar-refractivity contribution in [3.8, 4) is 0 Å². The van der Waals surface area contributed by atoms with E-state index in [4.69, 9.17) is 9.47 Å². The van der Waals surface area contributed by atoms with Gasteiger partial charge in [-0.2, -0.15) is 0 Å². The summed E-state index contributed by atoms with van der Waals surface area (Å²) < 4.78 is 37.9. The molecule has 39 heavy (non-hydrogen) atoms. The molecule has 1 N–H and O–H groups in total. The highest BCUT2D eigenvalue weighted by molar-refractivity contribution is 5.81. The average Bonchev–Trinajstić information content (AvgIpc) is 2.83. The van der Waals surface area contributed by atoms with Crippen molar-refractivity contribution in [2.24, 2.45) is 0 Å². The summed E-state index contributed by atoms with van der Waals surface area (Å²) in [7, 11) is 0. The molecule has 0 aliphatic heterocycles. The van der Waals surface area contributed by atoms with Crippen LogP contribution in [0.5, 0.6) is 0 Å². The van der Waals surface area contributed by atoms with Gasteiger partial charge in [-0.15, -0.1) is 0 Å². The number of rotatable bonds is 21. The fraction of sp³-hybridized carbons (Fsp3) is 0.750. The number of halogens is 2. The van der Waals surface area contributed by atoms with Gasteiger partial charge in [-0.1, -0.05) is 103 Å². The number of ether oxygens (including phenoxy) is 2. The lowest BCUT2D eigenvalue weighted by Gasteiger charge is -2.23. The number of hydrogen-bond acceptors (Lipinski definition) is 4. The Morgan fingerprint density at radius 3 is 1.62 bits per heavy atom. The molecule has 224 valence electrons. The Hall–Kier alpha value is -2.18. The van der Waals surface area contributed by atoms with E-state index < -0.39 is 35.3 Å². The van der Waals surface area contributed by atoms with E-state index in [2.05, 4.69) is 12.2 Å². The summed E-state index contributed by atoms with van der Waals surface area (Å²) >= 11 is 0. The van der Waals surface area contributed by atoms with Gasteiger partial charge in [-0.25, -0.2) is 18.4 Å². The second kappa shape index (κ2) is 20.7. The number of benzene rings is 1. The molecule has 1 aromatic rings. The van der Waals surface area contributed by atoms with Crippen LogP contribution in [0.15, 0.2) is 18.2 Å². The van der Waals surface area contributed by atoms with Gasteiger partial charge in [0.1, 0.15) is 23.3 Å². The molecule has 0 heterocycles. The second-order valence-electron chi connectivity index (χ2n) is 11.7. The molecule has 0 unspecified atom stereocenters. The van der Waals surface area contributed by atoms with E-state index in [0.29, 0.717) is 0 Å². The molecule has 1 aromatic carbocycles. The predicted molar refractivity (Wildman–Crippen MR) is 154 cm³/mol. The molecule has 0 saturated heterocycles. The van der Waals surface area contributed by atoms with E-state index in [-0.39, 0.29) is 18.6 Å². The lowest BCUT2D eigenvalue weighted by atomic mass is 10.0. The first-order valence-corrected chi connectivity index (χ1v) is 15.2. The molecule has 5 nitrogen and oxygen atoms in total. The van der Waals surface area contributed by atoms with E-state index >= 15 is 0 Å². The Balaban J connectivity index is 2.22. The summed E-state index contributed by atoms with van der Waals surface area (Å²) in [5.74, 6) is -2.14. The van der Waals surface area contributed by atoms with Gasteiger partial charge in [0.25, 0.3) is 0 Å². The lowest BCUT2D eigenvalue weighted by Crippen LogP contribution is -2.45. The van der Waals surface area contributed by atoms with E-state index in [9.17, 15) is 18.4 Å². The third-order valence-electron chi connectivity index (χ3n) is 6.58. The zero-order valence-electron chi connectivity index (χ0n) is 24.9. The predicted octanol–water partition coefficient (Wildman–Crippen LogP) is 9.21. The molecule has 1 amide bonds. The minimum Gasteiger partial charge on any atom is -0.464 e. The van der Waals surface area contributed by atoms with Crippen molar-refractivity contribution in [3.05, 3.63) is 35.4 Å². The van der Waals surface area contributed by atoms with Gasteiger partial charge in [-0.05, 0) is 44.9 Å². The first-order valence-electron chi connectivity index (χ1n) is 15.2. The number of alkyl carbamates (subject to hydrolysis) is 1. The van der Waals surface area contributed by atoms with Crippen molar-refractivity contribution in [1.29, 1.82) is 0 Å². The molecule has 0 bridgehead atoms. The highest BCUT2D eigenvalue weighted by Gasteiger charge is 2.26. The smallest absolute Gasteiger partial charge is 0.408 e. The Labute approximate surface area is 235 Å². The topological polar surface area (TPSA) is 64.6 Å². The normalized spacial score (nSPS) is 12.3. The molecule has 0 radical (unpaired) electrons. The third-order valence-corrected chi connectivity index (χ3v) is 6.58. The molecule has 1 rings (SSSR count). The Bertz CT molecular complexity index is 790. The zero-order chi connectivity index (χ0) is 28.9. The number of hydrogen-bond donors (Lipinski definition) is 1. The van der Waals surface area contributed by atoms with E-state index in [1.54, 1.807) is 20.8 Å². The van der Waals surface area contributed by atoms with Gasteiger partial charge in [0, 0.05) is 12.5 Å². The third kappa shape index (κ3) is 19.5. The maximum atomic E-state index is 13.6. The second-order valence-corrected chi connectivity index (χ2v) is 11.7. The van der Waals surface area contributed by atoms with Crippen molar-refractivity contribution < 1.29 is 27.8 Å². The SMILES string of the molecule is CCCCCCCCCCCCCCCCCCOC(=O)[C@H](Cc1cc(F)cc(F)c1)NC(=O)OC(C)(C)C. The first kappa shape index (κ1) is 34.8. The van der Waals surface area contributed by atoms with Gasteiger partial charge in [0.15, 0.2) is 0 Å². The van der Waals surface area contributed by atoms with Crippen LogP contribution in [-0.2, 0) is 20.7 Å². The summed E-state index contributed by atoms with van der Waals surface area (Å²) in [5, 5.41) is 2.49. The van der Waals surface area contributed by atoms with Crippen LogP contribution in [0.4, 0.5) is 13.6 Å². The van der Waals surface area contributed by atoms with Gasteiger partial charge < -0.3 is 14.8 Å². The first-order chi connectivity index (χ1) is 18.6. The van der Waals surface area contributed by atoms with Crippen LogP contribution in [-0.4, -0.2) is 30.3 Å². The number of carbonyl (C=O) groups excluding carboxylic acids is 2. The fourth-order valence-electron chi connectivity index (χ4n) is 4.53. The Morgan fingerprint density at radius 1 is 0.744 bits per heavy atom. The molecule has 0 spiro atoms. The van der Waals surface area contributed by atoms with Crippen molar-refractivity contribution in [2.75, 3.05) is 6.61 Å². The fourth-order valence-corrected chi connectivity index (χ4v) is 4.53. The summed E-state index contributed by atoms with van der Waals surface area (Å²) in [5.41, 5.74) is -0.509. The summed E-state index contributed by atoms with van der Waals surface area (Å²) in [6.45, 7) is 7.62. The number of unbranched alkanes of at least 4 members (excludes halogenated alkanes) is 15. The van der Waals surface area contributed by atoms with Crippen molar-refractivity contribution in [2.45, 2.75) is 148 Å². The Kier molecular flexibility index (Phi) is 18.5. The van der Waals surface area contributed by atoms with Crippen LogP contribution < -0.4 is 5.32 Å². The molecule has 1 atom stereocenters. The minimum absolute atomic E-state index is 0.105. The zero-order valence-corrected chi connectivity index (χ0v) is 24.9. The van der Waals surface area contributed by atoms with Crippen LogP contribution in [0.1, 0.15) is 136 Å². The Morgan fingerprint density at radius 2 is 1.18 bits per heavy atom. The summed E-state index contributed by atoms with van der Waals surface area (Å²) in [6.07, 6.45) is 19.2. The van der Waals surface area contributed by atoms with Crippen LogP contribution in [0.2, 0.25) is 0 Å². The molecule has 0 fully saturated rings. The molecule has 7 heteroatoms. The largest absolute Gasteiger partial charge is 0.464 e. The van der Waals surface area contributed by atoms with Crippen molar-refractivity contribution >= 4 is 12.1 Å². The van der Waals surface area contributed by atoms with Crippen LogP contribution in [0, 0.1) is 11.6 Å². The van der Waals surface area contributed by atoms with E-state index in [1.807, 2.05) is 0 Å².